The number of rotatable bonds is 6. The highest BCUT2D eigenvalue weighted by Crippen LogP contribution is 2.22. The van der Waals surface area contributed by atoms with Gasteiger partial charge in [0.2, 0.25) is 0 Å². The maximum absolute atomic E-state index is 6.11. The maximum atomic E-state index is 6.11. The Morgan fingerprint density at radius 1 is 1.31 bits per heavy atom. The lowest BCUT2D eigenvalue weighted by atomic mass is 9.93. The highest BCUT2D eigenvalue weighted by atomic mass is 35.5. The molecule has 0 aliphatic carbocycles. The van der Waals surface area contributed by atoms with Crippen LogP contribution in [0.5, 0.6) is 0 Å². The van der Waals surface area contributed by atoms with Gasteiger partial charge in [0, 0.05) is 5.88 Å². The zero-order valence-corrected chi connectivity index (χ0v) is 11.2. The van der Waals surface area contributed by atoms with Gasteiger partial charge in [-0.15, -0.1) is 11.6 Å². The zero-order valence-electron chi connectivity index (χ0n) is 10.5. The first-order valence-electron chi connectivity index (χ1n) is 5.99. The molecule has 0 saturated heterocycles. The zero-order chi connectivity index (χ0) is 12.0. The van der Waals surface area contributed by atoms with Crippen molar-refractivity contribution in [3.8, 4) is 0 Å². The van der Waals surface area contributed by atoms with Gasteiger partial charge >= 0.3 is 0 Å². The van der Waals surface area contributed by atoms with Crippen molar-refractivity contribution in [3.05, 3.63) is 35.9 Å². The van der Waals surface area contributed by atoms with Crippen molar-refractivity contribution in [3.63, 3.8) is 0 Å². The second-order valence-electron chi connectivity index (χ2n) is 4.73. The fourth-order valence-electron chi connectivity index (χ4n) is 1.58. The molecule has 0 bridgehead atoms. The van der Waals surface area contributed by atoms with Crippen LogP contribution in [0.1, 0.15) is 32.8 Å². The molecule has 0 aliphatic rings. The Balaban J connectivity index is 2.70. The Bertz CT molecular complexity index is 299. The van der Waals surface area contributed by atoms with Gasteiger partial charge in [0.05, 0.1) is 5.54 Å². The lowest BCUT2D eigenvalue weighted by Crippen LogP contribution is -2.43. The molecule has 0 spiro atoms. The average molecular weight is 240 g/mol. The van der Waals surface area contributed by atoms with Crippen molar-refractivity contribution < 1.29 is 0 Å². The SMILES string of the molecule is CCC(C)CNC(C)(CCl)c1ccccc1. The van der Waals surface area contributed by atoms with Gasteiger partial charge in [0.15, 0.2) is 0 Å². The monoisotopic (exact) mass is 239 g/mol. The van der Waals surface area contributed by atoms with Gasteiger partial charge < -0.3 is 5.32 Å². The van der Waals surface area contributed by atoms with Crippen LogP contribution in [-0.2, 0) is 5.54 Å². The summed E-state index contributed by atoms with van der Waals surface area (Å²) in [6.45, 7) is 7.64. The van der Waals surface area contributed by atoms with Gasteiger partial charge in [-0.05, 0) is 24.9 Å². The van der Waals surface area contributed by atoms with E-state index in [-0.39, 0.29) is 5.54 Å². The van der Waals surface area contributed by atoms with E-state index in [0.29, 0.717) is 11.8 Å². The Labute approximate surface area is 104 Å². The third-order valence-corrected chi connectivity index (χ3v) is 3.75. The molecule has 2 atom stereocenters. The van der Waals surface area contributed by atoms with E-state index in [2.05, 4.69) is 50.4 Å². The van der Waals surface area contributed by atoms with Gasteiger partial charge in [-0.3, -0.25) is 0 Å². The summed E-state index contributed by atoms with van der Waals surface area (Å²) >= 11 is 6.11. The predicted molar refractivity (Wildman–Crippen MR) is 72.0 cm³/mol. The molecule has 0 amide bonds. The van der Waals surface area contributed by atoms with Crippen LogP contribution in [0.25, 0.3) is 0 Å². The van der Waals surface area contributed by atoms with Crippen LogP contribution in [-0.4, -0.2) is 12.4 Å². The topological polar surface area (TPSA) is 12.0 Å². The molecule has 0 aliphatic heterocycles. The third kappa shape index (κ3) is 3.50. The van der Waals surface area contributed by atoms with E-state index in [9.17, 15) is 0 Å². The predicted octanol–water partition coefficient (Wildman–Crippen LogP) is 3.78. The summed E-state index contributed by atoms with van der Waals surface area (Å²) in [6.07, 6.45) is 1.19. The first-order chi connectivity index (χ1) is 7.62. The number of halogens is 1. The molecule has 1 aromatic rings. The Hall–Kier alpha value is -0.530. The minimum Gasteiger partial charge on any atom is -0.306 e. The molecule has 0 heterocycles. The van der Waals surface area contributed by atoms with E-state index in [1.807, 2.05) is 6.07 Å². The van der Waals surface area contributed by atoms with E-state index in [1.54, 1.807) is 0 Å². The molecule has 0 radical (unpaired) electrons. The van der Waals surface area contributed by atoms with Crippen molar-refractivity contribution >= 4 is 11.6 Å². The van der Waals surface area contributed by atoms with Crippen LogP contribution in [0, 0.1) is 5.92 Å². The third-order valence-electron chi connectivity index (χ3n) is 3.22. The number of alkyl halides is 1. The van der Waals surface area contributed by atoms with E-state index >= 15 is 0 Å². The van der Waals surface area contributed by atoms with Gasteiger partial charge in [-0.1, -0.05) is 50.6 Å². The van der Waals surface area contributed by atoms with Crippen molar-refractivity contribution in [1.82, 2.24) is 5.32 Å². The second-order valence-corrected chi connectivity index (χ2v) is 4.99. The summed E-state index contributed by atoms with van der Waals surface area (Å²) < 4.78 is 0. The van der Waals surface area contributed by atoms with E-state index < -0.39 is 0 Å². The Morgan fingerprint density at radius 2 is 1.94 bits per heavy atom. The normalized spacial score (nSPS) is 16.8. The molecular weight excluding hydrogens is 218 g/mol. The summed E-state index contributed by atoms with van der Waals surface area (Å²) in [6, 6.07) is 10.4. The van der Waals surface area contributed by atoms with Crippen molar-refractivity contribution in [2.45, 2.75) is 32.7 Å². The smallest absolute Gasteiger partial charge is 0.0543 e. The number of nitrogens with one attached hydrogen (secondary N) is 1. The van der Waals surface area contributed by atoms with Gasteiger partial charge in [-0.25, -0.2) is 0 Å². The highest BCUT2D eigenvalue weighted by Gasteiger charge is 2.24. The summed E-state index contributed by atoms with van der Waals surface area (Å²) in [5.41, 5.74) is 1.14. The summed E-state index contributed by atoms with van der Waals surface area (Å²) in [4.78, 5) is 0. The molecule has 2 unspecified atom stereocenters. The Morgan fingerprint density at radius 3 is 2.44 bits per heavy atom. The van der Waals surface area contributed by atoms with Crippen LogP contribution >= 0.6 is 11.6 Å². The van der Waals surface area contributed by atoms with E-state index in [0.717, 1.165) is 6.54 Å². The van der Waals surface area contributed by atoms with Crippen LogP contribution in [0.4, 0.5) is 0 Å². The van der Waals surface area contributed by atoms with Crippen LogP contribution in [0.15, 0.2) is 30.3 Å². The quantitative estimate of drug-likeness (QED) is 0.746. The van der Waals surface area contributed by atoms with Crippen LogP contribution < -0.4 is 5.32 Å². The minimum absolute atomic E-state index is 0.119. The van der Waals surface area contributed by atoms with Crippen molar-refractivity contribution in [2.75, 3.05) is 12.4 Å². The van der Waals surface area contributed by atoms with E-state index in [4.69, 9.17) is 11.6 Å². The molecule has 0 aromatic heterocycles. The Kier molecular flexibility index (Phi) is 5.30. The second kappa shape index (κ2) is 6.27. The molecule has 0 saturated carbocycles. The molecular formula is C14H22ClN. The fourth-order valence-corrected chi connectivity index (χ4v) is 1.83. The molecule has 1 aromatic carbocycles. The largest absolute Gasteiger partial charge is 0.306 e. The first kappa shape index (κ1) is 13.5. The molecule has 16 heavy (non-hydrogen) atoms. The molecule has 90 valence electrons. The molecule has 1 nitrogen and oxygen atoms in total. The summed E-state index contributed by atoms with van der Waals surface area (Å²) in [5.74, 6) is 1.28. The maximum Gasteiger partial charge on any atom is 0.0543 e. The molecule has 1 N–H and O–H groups in total. The standard InChI is InChI=1S/C14H22ClN/c1-4-12(2)10-16-14(3,11-15)13-8-6-5-7-9-13/h5-9,12,16H,4,10-11H2,1-3H3. The lowest BCUT2D eigenvalue weighted by molar-refractivity contribution is 0.365. The fraction of sp³-hybridized carbons (Fsp3) is 0.571. The van der Waals surface area contributed by atoms with Crippen molar-refractivity contribution in [2.24, 2.45) is 5.92 Å². The molecule has 2 heteroatoms. The van der Waals surface area contributed by atoms with Gasteiger partial charge in [0.25, 0.3) is 0 Å². The minimum atomic E-state index is -0.119. The highest BCUT2D eigenvalue weighted by molar-refractivity contribution is 6.18. The van der Waals surface area contributed by atoms with Crippen molar-refractivity contribution in [1.29, 1.82) is 0 Å². The van der Waals surface area contributed by atoms with Gasteiger partial charge in [0.1, 0.15) is 0 Å². The van der Waals surface area contributed by atoms with Crippen LogP contribution in [0.2, 0.25) is 0 Å². The first-order valence-corrected chi connectivity index (χ1v) is 6.52. The van der Waals surface area contributed by atoms with E-state index in [1.165, 1.54) is 12.0 Å². The van der Waals surface area contributed by atoms with Crippen LogP contribution in [0.3, 0.4) is 0 Å². The number of benzene rings is 1. The summed E-state index contributed by atoms with van der Waals surface area (Å²) in [5, 5.41) is 3.58. The molecule has 0 fully saturated rings. The van der Waals surface area contributed by atoms with Gasteiger partial charge in [-0.2, -0.15) is 0 Å². The average Bonchev–Trinajstić information content (AvgIpc) is 2.36. The lowest BCUT2D eigenvalue weighted by Gasteiger charge is -2.30. The number of hydrogen-bond acceptors (Lipinski definition) is 1. The summed E-state index contributed by atoms with van der Waals surface area (Å²) in [7, 11) is 0. The number of hydrogen-bond donors (Lipinski definition) is 1. The molecule has 1 rings (SSSR count).